The van der Waals surface area contributed by atoms with Gasteiger partial charge in [-0.25, -0.2) is 13.1 Å². The third-order valence-corrected chi connectivity index (χ3v) is 4.39. The number of nitrogens with one attached hydrogen (secondary N) is 3. The fraction of sp³-hybridized carbons (Fsp3) is 0.417. The summed E-state index contributed by atoms with van der Waals surface area (Å²) in [5.41, 5.74) is 3.04. The largest absolute Gasteiger partial charge is 0.353 e. The highest BCUT2D eigenvalue weighted by atomic mass is 32.2. The Morgan fingerprint density at radius 1 is 1.25 bits per heavy atom. The topological polar surface area (TPSA) is 113 Å². The first kappa shape index (κ1) is 14.8. The third kappa shape index (κ3) is 4.19. The molecular formula is C12H18N4O3S. The fourth-order valence-electron chi connectivity index (χ4n) is 1.64. The Kier molecular flexibility index (Phi) is 4.58. The number of amides is 1. The molecular weight excluding hydrogens is 280 g/mol. The van der Waals surface area contributed by atoms with Crippen molar-refractivity contribution in [3.05, 3.63) is 24.3 Å². The number of nitrogen functional groups attached to an aromatic ring is 1. The fourth-order valence-corrected chi connectivity index (χ4v) is 2.67. The molecule has 8 heteroatoms. The molecule has 0 atom stereocenters. The van der Waals surface area contributed by atoms with E-state index >= 15 is 0 Å². The van der Waals surface area contributed by atoms with Gasteiger partial charge in [0.1, 0.15) is 0 Å². The zero-order valence-corrected chi connectivity index (χ0v) is 11.7. The molecule has 0 aliphatic heterocycles. The van der Waals surface area contributed by atoms with Gasteiger partial charge in [-0.3, -0.25) is 10.6 Å². The molecule has 0 unspecified atom stereocenters. The zero-order chi connectivity index (χ0) is 14.6. The van der Waals surface area contributed by atoms with Crippen LogP contribution in [-0.2, 0) is 14.8 Å². The Bertz CT molecular complexity index is 567. The van der Waals surface area contributed by atoms with Gasteiger partial charge in [0, 0.05) is 24.7 Å². The molecule has 1 aromatic carbocycles. The van der Waals surface area contributed by atoms with Crippen LogP contribution in [-0.4, -0.2) is 26.9 Å². The molecule has 1 saturated carbocycles. The van der Waals surface area contributed by atoms with Gasteiger partial charge in [-0.05, 0) is 37.1 Å². The predicted molar refractivity (Wildman–Crippen MR) is 75.2 cm³/mol. The maximum absolute atomic E-state index is 12.0. The molecule has 20 heavy (non-hydrogen) atoms. The van der Waals surface area contributed by atoms with Crippen molar-refractivity contribution in [2.75, 3.05) is 12.0 Å². The van der Waals surface area contributed by atoms with Gasteiger partial charge in [-0.2, -0.15) is 0 Å². The number of nitrogens with two attached hydrogens (primary N) is 1. The maximum atomic E-state index is 12.0. The van der Waals surface area contributed by atoms with Crippen molar-refractivity contribution < 1.29 is 13.2 Å². The van der Waals surface area contributed by atoms with Crippen molar-refractivity contribution in [2.24, 2.45) is 5.84 Å². The van der Waals surface area contributed by atoms with Crippen molar-refractivity contribution in [3.8, 4) is 0 Å². The lowest BCUT2D eigenvalue weighted by Gasteiger charge is -2.08. The number of sulfonamides is 1. The van der Waals surface area contributed by atoms with Crippen molar-refractivity contribution in [1.82, 2.24) is 10.0 Å². The van der Waals surface area contributed by atoms with Crippen LogP contribution >= 0.6 is 0 Å². The summed E-state index contributed by atoms with van der Waals surface area (Å²) in [6, 6.07) is 6.31. The zero-order valence-electron chi connectivity index (χ0n) is 10.9. The maximum Gasteiger partial charge on any atom is 0.240 e. The summed E-state index contributed by atoms with van der Waals surface area (Å²) in [7, 11) is -3.59. The number of hydrazine groups is 1. The third-order valence-electron chi connectivity index (χ3n) is 2.92. The quantitative estimate of drug-likeness (QED) is 0.415. The molecule has 2 rings (SSSR count). The van der Waals surface area contributed by atoms with Gasteiger partial charge >= 0.3 is 0 Å². The Balaban J connectivity index is 1.84. The minimum Gasteiger partial charge on any atom is -0.353 e. The molecule has 1 amide bonds. The number of hydrogen-bond donors (Lipinski definition) is 4. The summed E-state index contributed by atoms with van der Waals surface area (Å²) < 4.78 is 26.3. The van der Waals surface area contributed by atoms with Gasteiger partial charge in [-0.15, -0.1) is 0 Å². The average Bonchev–Trinajstić information content (AvgIpc) is 3.22. The summed E-state index contributed by atoms with van der Waals surface area (Å²) >= 11 is 0. The van der Waals surface area contributed by atoms with Crippen molar-refractivity contribution in [3.63, 3.8) is 0 Å². The van der Waals surface area contributed by atoms with Crippen LogP contribution in [0.15, 0.2) is 29.2 Å². The molecule has 1 fully saturated rings. The molecule has 1 aliphatic rings. The van der Waals surface area contributed by atoms with E-state index in [1.807, 2.05) is 0 Å². The lowest BCUT2D eigenvalue weighted by atomic mass is 10.3. The van der Waals surface area contributed by atoms with Crippen LogP contribution in [0.4, 0.5) is 5.69 Å². The Morgan fingerprint density at radius 2 is 1.90 bits per heavy atom. The van der Waals surface area contributed by atoms with Crippen LogP contribution in [0.5, 0.6) is 0 Å². The SMILES string of the molecule is NNc1ccc(S(=O)(=O)NCCC(=O)NC2CC2)cc1. The van der Waals surface area contributed by atoms with Gasteiger partial charge in [0.25, 0.3) is 0 Å². The van der Waals surface area contributed by atoms with Crippen LogP contribution in [0, 0.1) is 0 Å². The molecule has 0 heterocycles. The average molecular weight is 298 g/mol. The van der Waals surface area contributed by atoms with Crippen LogP contribution < -0.4 is 21.3 Å². The number of carbonyl (C=O) groups excluding carboxylic acids is 1. The molecule has 5 N–H and O–H groups in total. The molecule has 0 saturated heterocycles. The first-order valence-electron chi connectivity index (χ1n) is 6.37. The molecule has 0 bridgehead atoms. The van der Waals surface area contributed by atoms with E-state index in [1.165, 1.54) is 12.1 Å². The van der Waals surface area contributed by atoms with E-state index in [4.69, 9.17) is 5.84 Å². The van der Waals surface area contributed by atoms with Gasteiger partial charge in [0.15, 0.2) is 0 Å². The van der Waals surface area contributed by atoms with Crippen LogP contribution in [0.1, 0.15) is 19.3 Å². The van der Waals surface area contributed by atoms with Gasteiger partial charge < -0.3 is 10.7 Å². The predicted octanol–water partition coefficient (Wildman–Crippen LogP) is -0.0808. The van der Waals surface area contributed by atoms with Crippen molar-refractivity contribution in [2.45, 2.75) is 30.2 Å². The second-order valence-electron chi connectivity index (χ2n) is 4.66. The first-order chi connectivity index (χ1) is 9.51. The molecule has 7 nitrogen and oxygen atoms in total. The number of hydrogen-bond acceptors (Lipinski definition) is 5. The second kappa shape index (κ2) is 6.21. The van der Waals surface area contributed by atoms with Crippen LogP contribution in [0.3, 0.4) is 0 Å². The Labute approximate surface area is 117 Å². The Morgan fingerprint density at radius 3 is 2.45 bits per heavy atom. The monoisotopic (exact) mass is 298 g/mol. The van der Waals surface area contributed by atoms with Gasteiger partial charge in [-0.1, -0.05) is 0 Å². The standard InChI is InChI=1S/C12H18N4O3S/c13-16-10-3-5-11(6-4-10)20(18,19)14-8-7-12(17)15-9-1-2-9/h3-6,9,14,16H,1-2,7-8,13H2,(H,15,17). The van der Waals surface area contributed by atoms with Crippen LogP contribution in [0.2, 0.25) is 0 Å². The summed E-state index contributed by atoms with van der Waals surface area (Å²) in [5, 5.41) is 2.80. The number of benzene rings is 1. The summed E-state index contributed by atoms with van der Waals surface area (Å²) in [4.78, 5) is 11.6. The minimum absolute atomic E-state index is 0.0811. The van der Waals surface area contributed by atoms with Gasteiger partial charge in [0.05, 0.1) is 4.90 Å². The second-order valence-corrected chi connectivity index (χ2v) is 6.43. The highest BCUT2D eigenvalue weighted by molar-refractivity contribution is 7.89. The van der Waals surface area contributed by atoms with Gasteiger partial charge in [0.2, 0.25) is 15.9 Å². The highest BCUT2D eigenvalue weighted by Gasteiger charge is 2.23. The molecule has 1 aliphatic carbocycles. The van der Waals surface area contributed by atoms with E-state index in [2.05, 4.69) is 15.5 Å². The lowest BCUT2D eigenvalue weighted by molar-refractivity contribution is -0.121. The molecule has 0 aromatic heterocycles. The smallest absolute Gasteiger partial charge is 0.240 e. The van der Waals surface area contributed by atoms with E-state index in [1.54, 1.807) is 12.1 Å². The van der Waals surface area contributed by atoms with E-state index < -0.39 is 10.0 Å². The van der Waals surface area contributed by atoms with Crippen molar-refractivity contribution >= 4 is 21.6 Å². The van der Waals surface area contributed by atoms with Crippen molar-refractivity contribution in [1.29, 1.82) is 0 Å². The highest BCUT2D eigenvalue weighted by Crippen LogP contribution is 2.18. The summed E-state index contributed by atoms with van der Waals surface area (Å²) in [6.07, 6.45) is 2.16. The van der Waals surface area contributed by atoms with E-state index in [9.17, 15) is 13.2 Å². The van der Waals surface area contributed by atoms with E-state index in [-0.39, 0.29) is 29.8 Å². The van der Waals surface area contributed by atoms with E-state index in [0.717, 1.165) is 12.8 Å². The Hall–Kier alpha value is -1.64. The molecule has 0 spiro atoms. The molecule has 1 aromatic rings. The minimum atomic E-state index is -3.59. The summed E-state index contributed by atoms with van der Waals surface area (Å²) in [5.74, 6) is 5.08. The van der Waals surface area contributed by atoms with Crippen LogP contribution in [0.25, 0.3) is 0 Å². The molecule has 110 valence electrons. The number of carbonyl (C=O) groups is 1. The molecule has 0 radical (unpaired) electrons. The number of anilines is 1. The number of rotatable bonds is 7. The normalized spacial score (nSPS) is 14.8. The first-order valence-corrected chi connectivity index (χ1v) is 7.85. The van der Waals surface area contributed by atoms with E-state index in [0.29, 0.717) is 5.69 Å². The summed E-state index contributed by atoms with van der Waals surface area (Å²) in [6.45, 7) is 0.0811. The lowest BCUT2D eigenvalue weighted by Crippen LogP contribution is -2.31.